The van der Waals surface area contributed by atoms with Crippen LogP contribution < -0.4 is 16.4 Å². The van der Waals surface area contributed by atoms with Gasteiger partial charge in [0.2, 0.25) is 0 Å². The summed E-state index contributed by atoms with van der Waals surface area (Å²) < 4.78 is 13.4. The summed E-state index contributed by atoms with van der Waals surface area (Å²) in [6.45, 7) is 1.76. The molecular weight excluding hydrogens is 351 g/mol. The number of thiophene rings is 1. The molecule has 3 rings (SSSR count). The highest BCUT2D eigenvalue weighted by atomic mass is 32.1. The lowest BCUT2D eigenvalue weighted by Gasteiger charge is -2.07. The number of aryl methyl sites for hydroxylation is 1. The topological polar surface area (TPSA) is 90.9 Å². The monoisotopic (exact) mass is 366 g/mol. The summed E-state index contributed by atoms with van der Waals surface area (Å²) >= 11 is 1.08. The Labute approximate surface area is 153 Å². The molecule has 1 amide bonds. The number of rotatable bonds is 4. The van der Waals surface area contributed by atoms with Crippen molar-refractivity contribution in [2.24, 2.45) is 0 Å². The van der Waals surface area contributed by atoms with E-state index >= 15 is 0 Å². The maximum Gasteiger partial charge on any atom is 0.267 e. The Hall–Kier alpha value is -3.37. The van der Waals surface area contributed by atoms with Crippen LogP contribution in [0.1, 0.15) is 20.8 Å². The molecule has 0 radical (unpaired) electrons. The third-order valence-electron chi connectivity index (χ3n) is 3.74. The van der Waals surface area contributed by atoms with Crippen LogP contribution in [0, 0.1) is 24.1 Å². The van der Waals surface area contributed by atoms with Crippen molar-refractivity contribution in [2.75, 3.05) is 16.4 Å². The largest absolute Gasteiger partial charge is 0.396 e. The summed E-state index contributed by atoms with van der Waals surface area (Å²) in [5.74, 6) is -0.937. The first-order valence-corrected chi connectivity index (χ1v) is 8.53. The van der Waals surface area contributed by atoms with E-state index in [-0.39, 0.29) is 16.1 Å². The van der Waals surface area contributed by atoms with Crippen LogP contribution in [0.15, 0.2) is 48.5 Å². The SMILES string of the molecule is Cc1ccc(F)cc1NC(=O)c1sc(Nc2ccccc2)c(C#N)c1N. The number of hydrogen-bond acceptors (Lipinski definition) is 5. The van der Waals surface area contributed by atoms with Crippen molar-refractivity contribution in [2.45, 2.75) is 6.92 Å². The summed E-state index contributed by atoms with van der Waals surface area (Å²) in [4.78, 5) is 12.8. The van der Waals surface area contributed by atoms with Crippen molar-refractivity contribution in [3.05, 3.63) is 70.4 Å². The molecule has 1 heterocycles. The van der Waals surface area contributed by atoms with Gasteiger partial charge in [-0.05, 0) is 36.8 Å². The van der Waals surface area contributed by atoms with Crippen molar-refractivity contribution < 1.29 is 9.18 Å². The zero-order valence-corrected chi connectivity index (χ0v) is 14.7. The van der Waals surface area contributed by atoms with Crippen LogP contribution >= 0.6 is 11.3 Å². The Balaban J connectivity index is 1.91. The van der Waals surface area contributed by atoms with E-state index in [1.807, 2.05) is 36.4 Å². The zero-order valence-electron chi connectivity index (χ0n) is 13.8. The maximum absolute atomic E-state index is 13.4. The van der Waals surface area contributed by atoms with Gasteiger partial charge in [0, 0.05) is 11.4 Å². The number of nitrogens with one attached hydrogen (secondary N) is 2. The fraction of sp³-hybridized carbons (Fsp3) is 0.0526. The molecule has 0 saturated carbocycles. The lowest BCUT2D eigenvalue weighted by atomic mass is 10.2. The molecule has 0 aliphatic carbocycles. The van der Waals surface area contributed by atoms with Crippen LogP contribution in [-0.4, -0.2) is 5.91 Å². The van der Waals surface area contributed by atoms with Crippen molar-refractivity contribution in [1.29, 1.82) is 5.26 Å². The summed E-state index contributed by atoms with van der Waals surface area (Å²) in [5, 5.41) is 15.6. The molecule has 0 unspecified atom stereocenters. The normalized spacial score (nSPS) is 10.2. The second kappa shape index (κ2) is 7.25. The van der Waals surface area contributed by atoms with Crippen LogP contribution in [-0.2, 0) is 0 Å². The standard InChI is InChI=1S/C19H15FN4OS/c1-11-7-8-12(20)9-15(11)24-18(25)17-16(22)14(10-21)19(26-17)23-13-5-3-2-4-6-13/h2-9,23H,22H2,1H3,(H,24,25). The average Bonchev–Trinajstić information content (AvgIpc) is 2.94. The number of hydrogen-bond donors (Lipinski definition) is 3. The molecule has 7 heteroatoms. The minimum Gasteiger partial charge on any atom is -0.396 e. The first-order chi connectivity index (χ1) is 12.5. The molecule has 0 aliphatic rings. The van der Waals surface area contributed by atoms with Gasteiger partial charge in [-0.2, -0.15) is 5.26 Å². The molecule has 5 nitrogen and oxygen atoms in total. The van der Waals surface area contributed by atoms with Crippen LogP contribution in [0.4, 0.5) is 26.5 Å². The van der Waals surface area contributed by atoms with Crippen LogP contribution in [0.3, 0.4) is 0 Å². The Morgan fingerprint density at radius 2 is 1.96 bits per heavy atom. The van der Waals surface area contributed by atoms with E-state index in [9.17, 15) is 14.4 Å². The Kier molecular flexibility index (Phi) is 4.87. The number of amides is 1. The quantitative estimate of drug-likeness (QED) is 0.627. The third kappa shape index (κ3) is 3.50. The summed E-state index contributed by atoms with van der Waals surface area (Å²) in [5.41, 5.74) is 8.17. The molecule has 0 fully saturated rings. The minimum absolute atomic E-state index is 0.0995. The van der Waals surface area contributed by atoms with Crippen molar-refractivity contribution >= 4 is 39.3 Å². The molecule has 130 valence electrons. The number of carbonyl (C=O) groups is 1. The zero-order chi connectivity index (χ0) is 18.7. The Bertz CT molecular complexity index is 1010. The van der Waals surface area contributed by atoms with E-state index < -0.39 is 11.7 Å². The highest BCUT2D eigenvalue weighted by molar-refractivity contribution is 7.19. The molecule has 0 spiro atoms. The number of nitrogens with two attached hydrogens (primary N) is 1. The lowest BCUT2D eigenvalue weighted by molar-refractivity contribution is 0.103. The molecule has 0 atom stereocenters. The Morgan fingerprint density at radius 1 is 1.23 bits per heavy atom. The smallest absolute Gasteiger partial charge is 0.267 e. The van der Waals surface area contributed by atoms with E-state index in [2.05, 4.69) is 10.6 Å². The van der Waals surface area contributed by atoms with Crippen molar-refractivity contribution in [3.63, 3.8) is 0 Å². The van der Waals surface area contributed by atoms with E-state index in [1.165, 1.54) is 12.1 Å². The predicted molar refractivity (Wildman–Crippen MR) is 102 cm³/mol. The molecule has 0 saturated heterocycles. The second-order valence-corrected chi connectivity index (χ2v) is 6.59. The maximum atomic E-state index is 13.4. The summed E-state index contributed by atoms with van der Waals surface area (Å²) in [7, 11) is 0. The average molecular weight is 366 g/mol. The van der Waals surface area contributed by atoms with E-state index in [4.69, 9.17) is 5.73 Å². The molecule has 0 bridgehead atoms. The van der Waals surface area contributed by atoms with Crippen molar-refractivity contribution in [1.82, 2.24) is 0 Å². The minimum atomic E-state index is -0.487. The number of anilines is 4. The number of nitrogen functional groups attached to an aromatic ring is 1. The van der Waals surface area contributed by atoms with Gasteiger partial charge in [-0.25, -0.2) is 4.39 Å². The molecular formula is C19H15FN4OS. The molecule has 26 heavy (non-hydrogen) atoms. The van der Waals surface area contributed by atoms with Gasteiger partial charge in [0.25, 0.3) is 5.91 Å². The number of benzene rings is 2. The van der Waals surface area contributed by atoms with Crippen LogP contribution in [0.2, 0.25) is 0 Å². The molecule has 0 aliphatic heterocycles. The molecule has 2 aromatic carbocycles. The van der Waals surface area contributed by atoms with Gasteiger partial charge in [0.1, 0.15) is 27.3 Å². The van der Waals surface area contributed by atoms with Gasteiger partial charge in [0.05, 0.1) is 5.69 Å². The van der Waals surface area contributed by atoms with E-state index in [0.717, 1.165) is 22.6 Å². The van der Waals surface area contributed by atoms with Gasteiger partial charge < -0.3 is 16.4 Å². The van der Waals surface area contributed by atoms with E-state index in [1.54, 1.807) is 13.0 Å². The fourth-order valence-corrected chi connectivity index (χ4v) is 3.36. The highest BCUT2D eigenvalue weighted by Crippen LogP contribution is 2.37. The second-order valence-electron chi connectivity index (χ2n) is 5.57. The first-order valence-electron chi connectivity index (χ1n) is 7.71. The molecule has 1 aromatic heterocycles. The summed E-state index contributed by atoms with van der Waals surface area (Å²) in [6, 6.07) is 15.4. The van der Waals surface area contributed by atoms with Gasteiger partial charge >= 0.3 is 0 Å². The summed E-state index contributed by atoms with van der Waals surface area (Å²) in [6.07, 6.45) is 0. The van der Waals surface area contributed by atoms with Crippen LogP contribution in [0.25, 0.3) is 0 Å². The highest BCUT2D eigenvalue weighted by Gasteiger charge is 2.22. The number of nitriles is 1. The van der Waals surface area contributed by atoms with Crippen LogP contribution in [0.5, 0.6) is 0 Å². The fourth-order valence-electron chi connectivity index (χ4n) is 2.37. The first kappa shape index (κ1) is 17.5. The third-order valence-corrected chi connectivity index (χ3v) is 4.86. The number of halogens is 1. The predicted octanol–water partition coefficient (Wildman–Crippen LogP) is 4.65. The van der Waals surface area contributed by atoms with E-state index in [0.29, 0.717) is 10.7 Å². The van der Waals surface area contributed by atoms with Gasteiger partial charge in [-0.15, -0.1) is 11.3 Å². The lowest BCUT2D eigenvalue weighted by Crippen LogP contribution is -2.13. The number of carbonyl (C=O) groups excluding carboxylic acids is 1. The van der Waals surface area contributed by atoms with Gasteiger partial charge in [0.15, 0.2) is 0 Å². The Morgan fingerprint density at radius 3 is 2.65 bits per heavy atom. The number of nitrogens with zero attached hydrogens (tertiary/aromatic N) is 1. The van der Waals surface area contributed by atoms with Crippen molar-refractivity contribution in [3.8, 4) is 6.07 Å². The number of para-hydroxylation sites is 1. The van der Waals surface area contributed by atoms with Gasteiger partial charge in [-0.3, -0.25) is 4.79 Å². The van der Waals surface area contributed by atoms with Gasteiger partial charge in [-0.1, -0.05) is 24.3 Å². The molecule has 4 N–H and O–H groups in total. The molecule has 3 aromatic rings.